The fourth-order valence-electron chi connectivity index (χ4n) is 3.36. The van der Waals surface area contributed by atoms with E-state index in [2.05, 4.69) is 20.2 Å². The molecule has 0 saturated heterocycles. The van der Waals surface area contributed by atoms with E-state index < -0.39 is 23.3 Å². The topological polar surface area (TPSA) is 81.6 Å². The largest absolute Gasteiger partial charge is 0.381 e. The van der Waals surface area contributed by atoms with E-state index in [4.69, 9.17) is 11.6 Å². The number of rotatable bonds is 6. The lowest BCUT2D eigenvalue weighted by Crippen LogP contribution is -2.40. The van der Waals surface area contributed by atoms with Gasteiger partial charge in [-0.25, -0.2) is 18.4 Å². The second-order valence-corrected chi connectivity index (χ2v) is 7.29. The monoisotopic (exact) mass is 430 g/mol. The molecule has 0 aliphatic carbocycles. The van der Waals surface area contributed by atoms with Crippen molar-refractivity contribution in [3.05, 3.63) is 83.9 Å². The van der Waals surface area contributed by atoms with Gasteiger partial charge in [-0.3, -0.25) is 9.67 Å². The highest BCUT2D eigenvalue weighted by Crippen LogP contribution is 2.37. The maximum Gasteiger partial charge on any atom is 0.137 e. The Balaban J connectivity index is 1.76. The minimum absolute atomic E-state index is 0.0779. The summed E-state index contributed by atoms with van der Waals surface area (Å²) in [6.07, 6.45) is 9.13. The van der Waals surface area contributed by atoms with Crippen LogP contribution in [0, 0.1) is 11.6 Å². The van der Waals surface area contributed by atoms with Gasteiger partial charge >= 0.3 is 0 Å². The van der Waals surface area contributed by atoms with Crippen molar-refractivity contribution in [3.8, 4) is 11.1 Å². The highest BCUT2D eigenvalue weighted by atomic mass is 35.5. The zero-order valence-electron chi connectivity index (χ0n) is 15.8. The fraction of sp³-hybridized carbons (Fsp3) is 0.200. The lowest BCUT2D eigenvalue weighted by atomic mass is 9.86. The molecular weight excluding hydrogens is 414 g/mol. The molecule has 0 unspecified atom stereocenters. The quantitative estimate of drug-likeness (QED) is 0.505. The zero-order chi connectivity index (χ0) is 21.3. The smallest absolute Gasteiger partial charge is 0.137 e. The van der Waals surface area contributed by atoms with E-state index in [1.54, 1.807) is 31.6 Å². The number of aromatic nitrogens is 6. The molecular formula is C20H17ClF2N6O. The third-order valence-electron chi connectivity index (χ3n) is 5.04. The van der Waals surface area contributed by atoms with Crippen LogP contribution in [0.5, 0.6) is 0 Å². The van der Waals surface area contributed by atoms with Crippen LogP contribution in [0.2, 0.25) is 5.02 Å². The van der Waals surface area contributed by atoms with Gasteiger partial charge in [0.05, 0.1) is 23.8 Å². The van der Waals surface area contributed by atoms with Gasteiger partial charge in [0.2, 0.25) is 0 Å². The molecule has 3 aromatic heterocycles. The molecule has 0 radical (unpaired) electrons. The molecule has 7 nitrogen and oxygen atoms in total. The summed E-state index contributed by atoms with van der Waals surface area (Å²) in [4.78, 5) is 7.83. The molecule has 0 saturated carbocycles. The van der Waals surface area contributed by atoms with E-state index in [9.17, 15) is 13.9 Å². The van der Waals surface area contributed by atoms with Gasteiger partial charge in [-0.1, -0.05) is 17.7 Å². The minimum Gasteiger partial charge on any atom is -0.381 e. The molecule has 4 aromatic rings. The fourth-order valence-corrected chi connectivity index (χ4v) is 3.59. The van der Waals surface area contributed by atoms with Gasteiger partial charge in [0.1, 0.15) is 29.9 Å². The lowest BCUT2D eigenvalue weighted by molar-refractivity contribution is -0.0368. The molecule has 0 aliphatic rings. The van der Waals surface area contributed by atoms with Crippen LogP contribution >= 0.6 is 11.6 Å². The number of halogens is 3. The number of hydrogen-bond donors (Lipinski definition) is 1. The Kier molecular flexibility index (Phi) is 5.31. The first-order valence-electron chi connectivity index (χ1n) is 9.03. The number of aliphatic hydroxyl groups is 1. The van der Waals surface area contributed by atoms with Crippen molar-refractivity contribution in [2.45, 2.75) is 25.1 Å². The third kappa shape index (κ3) is 3.69. The number of hydrogen-bond acceptors (Lipinski definition) is 5. The van der Waals surface area contributed by atoms with Crippen molar-refractivity contribution in [3.63, 3.8) is 0 Å². The van der Waals surface area contributed by atoms with Gasteiger partial charge < -0.3 is 5.11 Å². The summed E-state index contributed by atoms with van der Waals surface area (Å²) in [5, 5.41) is 20.4. The predicted molar refractivity (Wildman–Crippen MR) is 105 cm³/mol. The highest BCUT2D eigenvalue weighted by Gasteiger charge is 2.40. The molecule has 2 atom stereocenters. The van der Waals surface area contributed by atoms with Crippen LogP contribution in [-0.2, 0) is 12.1 Å². The average molecular weight is 431 g/mol. The SMILES string of the molecule is C[C@@H](n1cc(-c2ccncc2Cl)cn1)[C@](O)(Cn1cncn1)c1ccc(F)cc1F. The van der Waals surface area contributed by atoms with Gasteiger partial charge in [-0.2, -0.15) is 10.2 Å². The van der Waals surface area contributed by atoms with Crippen molar-refractivity contribution in [1.29, 1.82) is 0 Å². The normalized spacial score (nSPS) is 14.4. The predicted octanol–water partition coefficient (Wildman–Crippen LogP) is 3.62. The molecule has 0 fully saturated rings. The van der Waals surface area contributed by atoms with Crippen molar-refractivity contribution >= 4 is 11.6 Å². The van der Waals surface area contributed by atoms with Crippen LogP contribution in [0.4, 0.5) is 8.78 Å². The Hall–Kier alpha value is -3.17. The summed E-state index contributed by atoms with van der Waals surface area (Å²) in [6, 6.07) is 4.05. The average Bonchev–Trinajstić information content (AvgIpc) is 3.39. The first-order chi connectivity index (χ1) is 14.4. The van der Waals surface area contributed by atoms with E-state index >= 15 is 0 Å². The second-order valence-electron chi connectivity index (χ2n) is 6.88. The van der Waals surface area contributed by atoms with Gasteiger partial charge in [0.25, 0.3) is 0 Å². The van der Waals surface area contributed by atoms with Gasteiger partial charge in [-0.05, 0) is 19.1 Å². The minimum atomic E-state index is -1.81. The Bertz CT molecular complexity index is 1170. The van der Waals surface area contributed by atoms with Crippen LogP contribution in [-0.4, -0.2) is 34.6 Å². The Morgan fingerprint density at radius 1 is 1.17 bits per heavy atom. The lowest BCUT2D eigenvalue weighted by Gasteiger charge is -2.34. The van der Waals surface area contributed by atoms with Crippen LogP contribution in [0.1, 0.15) is 18.5 Å². The van der Waals surface area contributed by atoms with E-state index in [1.165, 1.54) is 34.3 Å². The van der Waals surface area contributed by atoms with E-state index in [1.807, 2.05) is 0 Å². The summed E-state index contributed by atoms with van der Waals surface area (Å²) in [5.41, 5.74) is -0.461. The summed E-state index contributed by atoms with van der Waals surface area (Å²) in [6.45, 7) is 1.56. The maximum atomic E-state index is 14.7. The molecule has 0 amide bonds. The Morgan fingerprint density at radius 2 is 2.00 bits per heavy atom. The van der Waals surface area contributed by atoms with Gasteiger partial charge in [0.15, 0.2) is 0 Å². The molecule has 154 valence electrons. The van der Waals surface area contributed by atoms with Crippen LogP contribution in [0.15, 0.2) is 61.7 Å². The summed E-state index contributed by atoms with van der Waals surface area (Å²) in [5.74, 6) is -1.60. The van der Waals surface area contributed by atoms with Crippen LogP contribution in [0.25, 0.3) is 11.1 Å². The first kappa shape index (κ1) is 20.1. The van der Waals surface area contributed by atoms with E-state index in [0.29, 0.717) is 10.6 Å². The molecule has 0 spiro atoms. The highest BCUT2D eigenvalue weighted by molar-refractivity contribution is 6.33. The zero-order valence-corrected chi connectivity index (χ0v) is 16.6. The van der Waals surface area contributed by atoms with Crippen molar-refractivity contribution in [2.24, 2.45) is 0 Å². The molecule has 4 rings (SSSR count). The molecule has 1 aromatic carbocycles. The number of pyridine rings is 1. The van der Waals surface area contributed by atoms with Crippen LogP contribution in [0.3, 0.4) is 0 Å². The molecule has 0 aliphatic heterocycles. The molecule has 0 bridgehead atoms. The molecule has 1 N–H and O–H groups in total. The molecule has 3 heterocycles. The standard InChI is InChI=1S/C20H17ClF2N6O/c1-13(29-9-14(7-26-29)16-4-5-24-8-18(16)21)20(30,10-28-12-25-11-27-28)17-3-2-15(22)6-19(17)23/h2-9,11-13,30H,10H2,1H3/t13-,20-/m1/s1. The van der Waals surface area contributed by atoms with Crippen molar-refractivity contribution in [1.82, 2.24) is 29.5 Å². The Labute approximate surface area is 175 Å². The molecule has 10 heteroatoms. The van der Waals surface area contributed by atoms with Crippen LogP contribution < -0.4 is 0 Å². The number of benzene rings is 1. The third-order valence-corrected chi connectivity index (χ3v) is 5.34. The summed E-state index contributed by atoms with van der Waals surface area (Å²) < 4.78 is 31.0. The Morgan fingerprint density at radius 3 is 2.70 bits per heavy atom. The van der Waals surface area contributed by atoms with Gasteiger partial charge in [-0.15, -0.1) is 0 Å². The number of nitrogens with zero attached hydrogens (tertiary/aromatic N) is 6. The maximum absolute atomic E-state index is 14.7. The van der Waals surface area contributed by atoms with E-state index in [-0.39, 0.29) is 12.1 Å². The first-order valence-corrected chi connectivity index (χ1v) is 9.40. The second kappa shape index (κ2) is 7.92. The van der Waals surface area contributed by atoms with Gasteiger partial charge in [0, 0.05) is 41.3 Å². The summed E-state index contributed by atoms with van der Waals surface area (Å²) >= 11 is 6.21. The van der Waals surface area contributed by atoms with Crippen molar-refractivity contribution in [2.75, 3.05) is 0 Å². The van der Waals surface area contributed by atoms with E-state index in [0.717, 1.165) is 17.7 Å². The van der Waals surface area contributed by atoms with Crippen molar-refractivity contribution < 1.29 is 13.9 Å². The summed E-state index contributed by atoms with van der Waals surface area (Å²) in [7, 11) is 0. The molecule has 30 heavy (non-hydrogen) atoms.